The van der Waals surface area contributed by atoms with Gasteiger partial charge in [-0.15, -0.1) is 11.8 Å². The lowest BCUT2D eigenvalue weighted by molar-refractivity contribution is -0.116. The lowest BCUT2D eigenvalue weighted by Gasteiger charge is -2.27. The normalized spacial score (nSPS) is 16.9. The summed E-state index contributed by atoms with van der Waals surface area (Å²) >= 11 is 1.73. The first-order chi connectivity index (χ1) is 11.3. The van der Waals surface area contributed by atoms with Gasteiger partial charge in [-0.1, -0.05) is 42.5 Å². The number of fused-ring (bicyclic) bond motifs is 3. The maximum Gasteiger partial charge on any atom is 0.225 e. The zero-order valence-corrected chi connectivity index (χ0v) is 13.7. The van der Waals surface area contributed by atoms with Gasteiger partial charge in [0.2, 0.25) is 5.91 Å². The summed E-state index contributed by atoms with van der Waals surface area (Å²) in [5.41, 5.74) is 3.38. The van der Waals surface area contributed by atoms with Crippen molar-refractivity contribution >= 4 is 34.1 Å². The molecular formula is C20H17NOS. The minimum absolute atomic E-state index is 0.0896. The van der Waals surface area contributed by atoms with Gasteiger partial charge in [0.25, 0.3) is 0 Å². The van der Waals surface area contributed by atoms with Crippen LogP contribution in [0.15, 0.2) is 65.6 Å². The highest BCUT2D eigenvalue weighted by Crippen LogP contribution is 2.41. The van der Waals surface area contributed by atoms with E-state index in [2.05, 4.69) is 66.2 Å². The number of carbonyl (C=O) groups excluding carboxylic acids is 1. The molecule has 2 nitrogen and oxygen atoms in total. The van der Waals surface area contributed by atoms with Gasteiger partial charge in [0, 0.05) is 22.9 Å². The predicted octanol–water partition coefficient (Wildman–Crippen LogP) is 5.04. The lowest BCUT2D eigenvalue weighted by Crippen LogP contribution is -2.23. The molecule has 114 valence electrons. The first-order valence-corrected chi connectivity index (χ1v) is 8.94. The van der Waals surface area contributed by atoms with Gasteiger partial charge in [0.1, 0.15) is 0 Å². The highest BCUT2D eigenvalue weighted by atomic mass is 32.2. The minimum atomic E-state index is 0.0896. The van der Waals surface area contributed by atoms with E-state index in [1.807, 2.05) is 6.07 Å². The molecule has 1 heterocycles. The maximum absolute atomic E-state index is 12.2. The molecule has 3 aromatic carbocycles. The van der Waals surface area contributed by atoms with Gasteiger partial charge in [0.15, 0.2) is 0 Å². The van der Waals surface area contributed by atoms with Crippen LogP contribution < -0.4 is 5.32 Å². The van der Waals surface area contributed by atoms with E-state index in [9.17, 15) is 4.79 Å². The molecule has 4 rings (SSSR count). The molecule has 1 aliphatic rings. The molecular weight excluding hydrogens is 302 g/mol. The third-order valence-electron chi connectivity index (χ3n) is 4.50. The summed E-state index contributed by atoms with van der Waals surface area (Å²) < 4.78 is 0. The number of hydrogen-bond donors (Lipinski definition) is 1. The van der Waals surface area contributed by atoms with Crippen LogP contribution in [0.1, 0.15) is 23.5 Å². The Morgan fingerprint density at radius 2 is 1.78 bits per heavy atom. The van der Waals surface area contributed by atoms with Crippen molar-refractivity contribution in [3.05, 3.63) is 71.8 Å². The second-order valence-corrected chi connectivity index (χ2v) is 6.71. The zero-order valence-electron chi connectivity index (χ0n) is 12.9. The number of rotatable bonds is 2. The van der Waals surface area contributed by atoms with Crippen LogP contribution in [0.5, 0.6) is 0 Å². The number of hydrogen-bond acceptors (Lipinski definition) is 2. The van der Waals surface area contributed by atoms with Crippen molar-refractivity contribution in [3.8, 4) is 0 Å². The molecule has 0 saturated heterocycles. The van der Waals surface area contributed by atoms with Gasteiger partial charge >= 0.3 is 0 Å². The van der Waals surface area contributed by atoms with Gasteiger partial charge in [-0.3, -0.25) is 4.79 Å². The number of thioether (sulfide) groups is 1. The Hall–Kier alpha value is -2.26. The molecule has 0 unspecified atom stereocenters. The van der Waals surface area contributed by atoms with E-state index in [-0.39, 0.29) is 11.8 Å². The molecule has 0 fully saturated rings. The quantitative estimate of drug-likeness (QED) is 0.671. The highest BCUT2D eigenvalue weighted by Gasteiger charge is 2.28. The van der Waals surface area contributed by atoms with Crippen molar-refractivity contribution in [3.63, 3.8) is 0 Å². The van der Waals surface area contributed by atoms with E-state index in [4.69, 9.17) is 0 Å². The van der Waals surface area contributed by atoms with Crippen LogP contribution in [-0.2, 0) is 4.79 Å². The number of anilines is 1. The van der Waals surface area contributed by atoms with Crippen molar-refractivity contribution in [2.75, 3.05) is 11.6 Å². The average molecular weight is 319 g/mol. The van der Waals surface area contributed by atoms with Crippen molar-refractivity contribution in [2.45, 2.75) is 17.2 Å². The van der Waals surface area contributed by atoms with Crippen LogP contribution in [0.3, 0.4) is 0 Å². The number of amides is 1. The third kappa shape index (κ3) is 2.51. The van der Waals surface area contributed by atoms with Gasteiger partial charge in [0.05, 0.1) is 0 Å². The van der Waals surface area contributed by atoms with Crippen molar-refractivity contribution in [1.82, 2.24) is 0 Å². The standard InChI is InChI=1S/C20H17NOS/c1-23-15-9-6-14(7-10-15)17-12-19(22)21-18-11-8-13-4-2-3-5-16(13)20(17)18/h2-11,17H,12H2,1H3,(H,21,22)/t17-/m0/s1. The van der Waals surface area contributed by atoms with Crippen LogP contribution >= 0.6 is 11.8 Å². The van der Waals surface area contributed by atoms with Crippen molar-refractivity contribution in [1.29, 1.82) is 0 Å². The molecule has 3 aromatic rings. The Labute approximate surface area is 139 Å². The average Bonchev–Trinajstić information content (AvgIpc) is 2.60. The summed E-state index contributed by atoms with van der Waals surface area (Å²) in [4.78, 5) is 13.4. The fraction of sp³-hybridized carbons (Fsp3) is 0.150. The summed E-state index contributed by atoms with van der Waals surface area (Å²) in [5, 5.41) is 5.47. The molecule has 1 amide bonds. The molecule has 3 heteroatoms. The van der Waals surface area contributed by atoms with Crippen LogP contribution in [0.4, 0.5) is 5.69 Å². The first kappa shape index (κ1) is 14.3. The molecule has 0 aromatic heterocycles. The molecule has 1 aliphatic heterocycles. The fourth-order valence-electron chi connectivity index (χ4n) is 3.39. The first-order valence-electron chi connectivity index (χ1n) is 7.72. The Morgan fingerprint density at radius 1 is 1.00 bits per heavy atom. The molecule has 0 bridgehead atoms. The Morgan fingerprint density at radius 3 is 2.57 bits per heavy atom. The van der Waals surface area contributed by atoms with E-state index in [0.717, 1.165) is 5.69 Å². The Balaban J connectivity index is 1.91. The molecule has 0 radical (unpaired) electrons. The largest absolute Gasteiger partial charge is 0.326 e. The molecule has 0 aliphatic carbocycles. The Kier molecular flexibility index (Phi) is 3.58. The number of nitrogens with one attached hydrogen (secondary N) is 1. The summed E-state index contributed by atoms with van der Waals surface area (Å²) in [5.74, 6) is 0.201. The van der Waals surface area contributed by atoms with Crippen molar-refractivity contribution in [2.24, 2.45) is 0 Å². The predicted molar refractivity (Wildman–Crippen MR) is 97.3 cm³/mol. The topological polar surface area (TPSA) is 29.1 Å². The maximum atomic E-state index is 12.2. The van der Waals surface area contributed by atoms with E-state index in [1.54, 1.807) is 11.8 Å². The smallest absolute Gasteiger partial charge is 0.225 e. The summed E-state index contributed by atoms with van der Waals surface area (Å²) in [6, 6.07) is 21.1. The van der Waals surface area contributed by atoms with E-state index < -0.39 is 0 Å². The second-order valence-electron chi connectivity index (χ2n) is 5.83. The number of benzene rings is 3. The van der Waals surface area contributed by atoms with Crippen molar-refractivity contribution < 1.29 is 4.79 Å². The third-order valence-corrected chi connectivity index (χ3v) is 5.24. The summed E-state index contributed by atoms with van der Waals surface area (Å²) in [6.45, 7) is 0. The SMILES string of the molecule is CSc1ccc([C@@H]2CC(=O)Nc3ccc4ccccc4c32)cc1. The molecule has 1 atom stereocenters. The summed E-state index contributed by atoms with van der Waals surface area (Å²) in [7, 11) is 0. The monoisotopic (exact) mass is 319 g/mol. The molecule has 0 spiro atoms. The van der Waals surface area contributed by atoms with E-state index in [0.29, 0.717) is 6.42 Å². The van der Waals surface area contributed by atoms with Gasteiger partial charge in [-0.05, 0) is 46.4 Å². The Bertz CT molecular complexity index is 886. The molecule has 0 saturated carbocycles. The van der Waals surface area contributed by atoms with E-state index in [1.165, 1.54) is 26.8 Å². The van der Waals surface area contributed by atoms with E-state index >= 15 is 0 Å². The minimum Gasteiger partial charge on any atom is -0.326 e. The fourth-order valence-corrected chi connectivity index (χ4v) is 3.80. The van der Waals surface area contributed by atoms with Gasteiger partial charge in [-0.25, -0.2) is 0 Å². The highest BCUT2D eigenvalue weighted by molar-refractivity contribution is 7.98. The summed E-state index contributed by atoms with van der Waals surface area (Å²) in [6.07, 6.45) is 2.57. The second kappa shape index (κ2) is 5.74. The molecule has 1 N–H and O–H groups in total. The van der Waals surface area contributed by atoms with Crippen LogP contribution in [0.2, 0.25) is 0 Å². The van der Waals surface area contributed by atoms with Gasteiger partial charge in [-0.2, -0.15) is 0 Å². The number of carbonyl (C=O) groups is 1. The van der Waals surface area contributed by atoms with Crippen LogP contribution in [0, 0.1) is 0 Å². The lowest BCUT2D eigenvalue weighted by atomic mass is 9.82. The molecule has 23 heavy (non-hydrogen) atoms. The van der Waals surface area contributed by atoms with Crippen LogP contribution in [-0.4, -0.2) is 12.2 Å². The van der Waals surface area contributed by atoms with Crippen LogP contribution in [0.25, 0.3) is 10.8 Å². The van der Waals surface area contributed by atoms with Gasteiger partial charge < -0.3 is 5.32 Å². The zero-order chi connectivity index (χ0) is 15.8.